The topological polar surface area (TPSA) is 44.1 Å². The Kier molecular flexibility index (Phi) is 3.90. The molecule has 0 saturated carbocycles. The molecular formula is C14H18N2O. The third kappa shape index (κ3) is 2.65. The van der Waals surface area contributed by atoms with Gasteiger partial charge in [0.15, 0.2) is 0 Å². The van der Waals surface area contributed by atoms with E-state index in [4.69, 9.17) is 5.26 Å². The minimum atomic E-state index is -0.610. The number of hydrogen-bond donors (Lipinski definition) is 0. The molecule has 1 atom stereocenters. The fourth-order valence-corrected chi connectivity index (χ4v) is 1.68. The molecule has 0 radical (unpaired) electrons. The Bertz CT molecular complexity index is 431. The molecule has 0 aliphatic heterocycles. The van der Waals surface area contributed by atoms with Crippen LogP contribution in [-0.2, 0) is 10.2 Å². The first kappa shape index (κ1) is 13.2. The lowest BCUT2D eigenvalue weighted by molar-refractivity contribution is -0.135. The maximum atomic E-state index is 12.3. The fourth-order valence-electron chi connectivity index (χ4n) is 1.68. The van der Waals surface area contributed by atoms with Crippen molar-refractivity contribution in [3.05, 3.63) is 35.9 Å². The number of nitriles is 1. The highest BCUT2D eigenvalue weighted by Crippen LogP contribution is 2.25. The summed E-state index contributed by atoms with van der Waals surface area (Å²) in [7, 11) is 1.67. The van der Waals surface area contributed by atoms with Gasteiger partial charge in [0.25, 0.3) is 0 Å². The van der Waals surface area contributed by atoms with Crippen molar-refractivity contribution in [3.8, 4) is 6.07 Å². The number of likely N-dealkylation sites (N-methyl/N-ethyl adjacent to an activating group) is 1. The number of carbonyl (C=O) groups excluding carboxylic acids is 1. The fraction of sp³-hybridized carbons (Fsp3) is 0.429. The van der Waals surface area contributed by atoms with Gasteiger partial charge in [-0.05, 0) is 26.3 Å². The zero-order valence-corrected chi connectivity index (χ0v) is 10.8. The highest BCUT2D eigenvalue weighted by atomic mass is 16.2. The number of hydrogen-bond acceptors (Lipinski definition) is 2. The van der Waals surface area contributed by atoms with Crippen molar-refractivity contribution < 1.29 is 4.79 Å². The molecule has 1 unspecified atom stereocenters. The van der Waals surface area contributed by atoms with Crippen molar-refractivity contribution in [2.45, 2.75) is 32.2 Å². The molecule has 0 fully saturated rings. The van der Waals surface area contributed by atoms with Crippen LogP contribution in [0, 0.1) is 11.3 Å². The molecule has 90 valence electrons. The molecule has 1 rings (SSSR count). The summed E-state index contributed by atoms with van der Waals surface area (Å²) in [5.74, 6) is -0.0437. The third-order valence-electron chi connectivity index (χ3n) is 3.12. The molecule has 1 amide bonds. The number of benzene rings is 1. The second kappa shape index (κ2) is 5.01. The Labute approximate surface area is 103 Å². The minimum Gasteiger partial charge on any atom is -0.329 e. The third-order valence-corrected chi connectivity index (χ3v) is 3.12. The summed E-state index contributed by atoms with van der Waals surface area (Å²) < 4.78 is 0. The van der Waals surface area contributed by atoms with Crippen molar-refractivity contribution in [2.75, 3.05) is 7.05 Å². The van der Waals surface area contributed by atoms with E-state index in [1.54, 1.807) is 14.0 Å². The zero-order valence-electron chi connectivity index (χ0n) is 10.8. The van der Waals surface area contributed by atoms with Crippen LogP contribution in [0.3, 0.4) is 0 Å². The highest BCUT2D eigenvalue weighted by Gasteiger charge is 2.33. The molecule has 0 aliphatic rings. The van der Waals surface area contributed by atoms with Crippen LogP contribution in [0.5, 0.6) is 0 Å². The second-order valence-electron chi connectivity index (χ2n) is 4.71. The van der Waals surface area contributed by atoms with E-state index < -0.39 is 11.5 Å². The molecule has 3 nitrogen and oxygen atoms in total. The number of rotatable bonds is 3. The average Bonchev–Trinajstić information content (AvgIpc) is 2.37. The lowest BCUT2D eigenvalue weighted by Gasteiger charge is -2.31. The van der Waals surface area contributed by atoms with E-state index in [9.17, 15) is 4.79 Å². The summed E-state index contributed by atoms with van der Waals surface area (Å²) in [6.45, 7) is 5.48. The van der Waals surface area contributed by atoms with Crippen LogP contribution < -0.4 is 0 Å². The van der Waals surface area contributed by atoms with E-state index in [2.05, 4.69) is 6.07 Å². The molecule has 17 heavy (non-hydrogen) atoms. The normalized spacial score (nSPS) is 12.6. The first-order chi connectivity index (χ1) is 7.91. The van der Waals surface area contributed by atoms with Gasteiger partial charge in [0.1, 0.15) is 6.04 Å². The molecule has 0 aliphatic carbocycles. The van der Waals surface area contributed by atoms with Crippen LogP contribution >= 0.6 is 0 Å². The van der Waals surface area contributed by atoms with Crippen LogP contribution in [0.1, 0.15) is 26.3 Å². The molecule has 0 aromatic heterocycles. The quantitative estimate of drug-likeness (QED) is 0.800. The summed E-state index contributed by atoms with van der Waals surface area (Å²) in [4.78, 5) is 13.8. The van der Waals surface area contributed by atoms with Gasteiger partial charge in [0.2, 0.25) is 5.91 Å². The Morgan fingerprint density at radius 1 is 1.35 bits per heavy atom. The Balaban J connectivity index is 3.00. The van der Waals surface area contributed by atoms with Crippen molar-refractivity contribution >= 4 is 5.91 Å². The number of amides is 1. The van der Waals surface area contributed by atoms with Gasteiger partial charge in [0, 0.05) is 7.05 Å². The van der Waals surface area contributed by atoms with Crippen molar-refractivity contribution in [1.82, 2.24) is 4.90 Å². The van der Waals surface area contributed by atoms with E-state index in [1.165, 1.54) is 4.90 Å². The lowest BCUT2D eigenvalue weighted by Crippen LogP contribution is -2.44. The van der Waals surface area contributed by atoms with Crippen LogP contribution in [0.4, 0.5) is 0 Å². The van der Waals surface area contributed by atoms with Gasteiger partial charge >= 0.3 is 0 Å². The van der Waals surface area contributed by atoms with Crippen molar-refractivity contribution in [2.24, 2.45) is 0 Å². The predicted molar refractivity (Wildman–Crippen MR) is 67.3 cm³/mol. The van der Waals surface area contributed by atoms with Gasteiger partial charge in [-0.2, -0.15) is 5.26 Å². The summed E-state index contributed by atoms with van der Waals surface area (Å²) in [6, 6.07) is 11.3. The lowest BCUT2D eigenvalue weighted by atomic mass is 9.83. The van der Waals surface area contributed by atoms with Gasteiger partial charge < -0.3 is 4.90 Å². The Morgan fingerprint density at radius 2 is 1.88 bits per heavy atom. The SMILES string of the molecule is CC(C#N)N(C)C(=O)C(C)(C)c1ccccc1. The zero-order chi connectivity index (χ0) is 13.1. The van der Waals surface area contributed by atoms with E-state index in [0.717, 1.165) is 5.56 Å². The van der Waals surface area contributed by atoms with Crippen LogP contribution in [-0.4, -0.2) is 23.9 Å². The summed E-state index contributed by atoms with van der Waals surface area (Å²) in [5, 5.41) is 8.85. The number of nitrogens with zero attached hydrogens (tertiary/aromatic N) is 2. The molecule has 1 aromatic rings. The van der Waals surface area contributed by atoms with Crippen LogP contribution in [0.15, 0.2) is 30.3 Å². The molecular weight excluding hydrogens is 212 g/mol. The summed E-state index contributed by atoms with van der Waals surface area (Å²) in [6.07, 6.45) is 0. The van der Waals surface area contributed by atoms with Gasteiger partial charge in [-0.3, -0.25) is 4.79 Å². The molecule has 0 heterocycles. The molecule has 1 aromatic carbocycles. The average molecular weight is 230 g/mol. The smallest absolute Gasteiger partial charge is 0.233 e. The largest absolute Gasteiger partial charge is 0.329 e. The first-order valence-corrected chi connectivity index (χ1v) is 5.63. The van der Waals surface area contributed by atoms with Gasteiger partial charge in [-0.25, -0.2) is 0 Å². The molecule has 0 bridgehead atoms. The maximum Gasteiger partial charge on any atom is 0.233 e. The van der Waals surface area contributed by atoms with E-state index in [-0.39, 0.29) is 5.91 Å². The van der Waals surface area contributed by atoms with Crippen molar-refractivity contribution in [3.63, 3.8) is 0 Å². The highest BCUT2D eigenvalue weighted by molar-refractivity contribution is 5.87. The molecule has 0 saturated heterocycles. The van der Waals surface area contributed by atoms with Gasteiger partial charge in [-0.1, -0.05) is 30.3 Å². The monoisotopic (exact) mass is 230 g/mol. The Morgan fingerprint density at radius 3 is 2.35 bits per heavy atom. The summed E-state index contributed by atoms with van der Waals surface area (Å²) >= 11 is 0. The maximum absolute atomic E-state index is 12.3. The van der Waals surface area contributed by atoms with Crippen LogP contribution in [0.25, 0.3) is 0 Å². The molecule has 3 heteroatoms. The van der Waals surface area contributed by atoms with E-state index in [1.807, 2.05) is 44.2 Å². The predicted octanol–water partition coefficient (Wildman–Crippen LogP) is 2.33. The standard InChI is InChI=1S/C14H18N2O/c1-11(10-15)16(4)13(17)14(2,3)12-8-6-5-7-9-12/h5-9,11H,1-4H3. The second-order valence-corrected chi connectivity index (χ2v) is 4.71. The summed E-state index contributed by atoms with van der Waals surface area (Å²) in [5.41, 5.74) is 0.350. The van der Waals surface area contributed by atoms with Crippen molar-refractivity contribution in [1.29, 1.82) is 5.26 Å². The van der Waals surface area contributed by atoms with Gasteiger partial charge in [0.05, 0.1) is 11.5 Å². The Hall–Kier alpha value is -1.82. The van der Waals surface area contributed by atoms with E-state index >= 15 is 0 Å². The van der Waals surface area contributed by atoms with E-state index in [0.29, 0.717) is 0 Å². The molecule has 0 spiro atoms. The minimum absolute atomic E-state index is 0.0437. The number of carbonyl (C=O) groups is 1. The van der Waals surface area contributed by atoms with Gasteiger partial charge in [-0.15, -0.1) is 0 Å². The first-order valence-electron chi connectivity index (χ1n) is 5.63. The van der Waals surface area contributed by atoms with Crippen LogP contribution in [0.2, 0.25) is 0 Å². The molecule has 0 N–H and O–H groups in total.